The Hall–Kier alpha value is -3.59. The van der Waals surface area contributed by atoms with E-state index in [2.05, 4.69) is 97.7 Å². The lowest BCUT2D eigenvalue weighted by Gasteiger charge is -2.08. The summed E-state index contributed by atoms with van der Waals surface area (Å²) in [4.78, 5) is 0. The summed E-state index contributed by atoms with van der Waals surface area (Å²) in [6, 6.07) is 21.4. The van der Waals surface area contributed by atoms with Crippen LogP contribution >= 0.6 is 0 Å². The van der Waals surface area contributed by atoms with Crippen LogP contribution < -0.4 is 4.57 Å². The van der Waals surface area contributed by atoms with Gasteiger partial charge in [-0.05, 0) is 56.2 Å². The van der Waals surface area contributed by atoms with E-state index in [1.807, 2.05) is 6.07 Å². The average Bonchev–Trinajstić information content (AvgIpc) is 3.30. The van der Waals surface area contributed by atoms with Crippen LogP contribution in [0, 0.1) is 20.8 Å². The number of furan rings is 1. The van der Waals surface area contributed by atoms with Crippen LogP contribution in [-0.2, 0) is 7.05 Å². The number of benzene rings is 3. The van der Waals surface area contributed by atoms with Crippen molar-refractivity contribution in [2.24, 2.45) is 7.05 Å². The fraction of sp³-hybridized carbons (Fsp3) is 0.148. The van der Waals surface area contributed by atoms with Crippen molar-refractivity contribution in [1.82, 2.24) is 4.57 Å². The Bertz CT molecular complexity index is 1630. The van der Waals surface area contributed by atoms with E-state index in [0.717, 1.165) is 17.0 Å². The molecule has 0 fully saturated rings. The van der Waals surface area contributed by atoms with Crippen LogP contribution in [0.25, 0.3) is 49.6 Å². The molecule has 146 valence electrons. The van der Waals surface area contributed by atoms with Crippen molar-refractivity contribution in [3.05, 3.63) is 83.6 Å². The molecule has 3 aromatic carbocycles. The number of aromatic nitrogens is 2. The number of fused-ring (bicyclic) bond motifs is 7. The Morgan fingerprint density at radius 3 is 2.37 bits per heavy atom. The molecule has 3 heterocycles. The summed E-state index contributed by atoms with van der Waals surface area (Å²) in [5.41, 5.74) is 8.17. The second-order valence-electron chi connectivity index (χ2n) is 8.30. The van der Waals surface area contributed by atoms with E-state index in [1.54, 1.807) is 0 Å². The van der Waals surface area contributed by atoms with E-state index in [1.165, 1.54) is 49.3 Å². The summed E-state index contributed by atoms with van der Waals surface area (Å²) < 4.78 is 11.1. The molecule has 0 aliphatic carbocycles. The van der Waals surface area contributed by atoms with Gasteiger partial charge in [0.05, 0.1) is 18.6 Å². The van der Waals surface area contributed by atoms with Gasteiger partial charge in [0, 0.05) is 27.8 Å². The van der Waals surface area contributed by atoms with Crippen LogP contribution in [0.3, 0.4) is 0 Å². The fourth-order valence-corrected chi connectivity index (χ4v) is 4.90. The highest BCUT2D eigenvalue weighted by Crippen LogP contribution is 2.43. The fourth-order valence-electron chi connectivity index (χ4n) is 4.90. The Morgan fingerprint density at radius 2 is 1.53 bits per heavy atom. The third-order valence-corrected chi connectivity index (χ3v) is 6.50. The zero-order valence-corrected chi connectivity index (χ0v) is 17.7. The summed E-state index contributed by atoms with van der Waals surface area (Å²) in [5.74, 6) is 1.15. The van der Waals surface area contributed by atoms with Gasteiger partial charge in [0.2, 0.25) is 0 Å². The van der Waals surface area contributed by atoms with Crippen molar-refractivity contribution in [2.45, 2.75) is 20.8 Å². The number of hydrogen-bond acceptors (Lipinski definition) is 1. The van der Waals surface area contributed by atoms with E-state index in [-0.39, 0.29) is 0 Å². The third kappa shape index (κ3) is 2.12. The van der Waals surface area contributed by atoms with Gasteiger partial charge in [-0.3, -0.25) is 0 Å². The first-order chi connectivity index (χ1) is 14.6. The van der Waals surface area contributed by atoms with Crippen LogP contribution in [-0.4, -0.2) is 4.57 Å². The number of hydrogen-bond donors (Lipinski definition) is 0. The van der Waals surface area contributed by atoms with Gasteiger partial charge in [0.15, 0.2) is 0 Å². The quantitative estimate of drug-likeness (QED) is 0.296. The first-order valence-corrected chi connectivity index (χ1v) is 10.4. The maximum absolute atomic E-state index is 6.49. The number of rotatable bonds is 1. The highest BCUT2D eigenvalue weighted by molar-refractivity contribution is 6.25. The lowest BCUT2D eigenvalue weighted by atomic mass is 9.98. The van der Waals surface area contributed by atoms with Crippen molar-refractivity contribution in [1.29, 1.82) is 0 Å². The van der Waals surface area contributed by atoms with Gasteiger partial charge < -0.3 is 4.42 Å². The van der Waals surface area contributed by atoms with Gasteiger partial charge in [-0.25, -0.2) is 4.57 Å². The van der Waals surface area contributed by atoms with Crippen molar-refractivity contribution in [3.8, 4) is 5.82 Å². The van der Waals surface area contributed by atoms with Crippen molar-refractivity contribution in [2.75, 3.05) is 0 Å². The van der Waals surface area contributed by atoms with E-state index in [9.17, 15) is 0 Å². The molecule has 0 unspecified atom stereocenters. The first-order valence-electron chi connectivity index (χ1n) is 10.4. The van der Waals surface area contributed by atoms with E-state index in [0.29, 0.717) is 0 Å². The number of aryl methyl sites for hydroxylation is 4. The van der Waals surface area contributed by atoms with Crippen molar-refractivity contribution in [3.63, 3.8) is 0 Å². The lowest BCUT2D eigenvalue weighted by molar-refractivity contribution is -0.665. The van der Waals surface area contributed by atoms with Gasteiger partial charge in [-0.2, -0.15) is 4.57 Å². The normalized spacial score (nSPS) is 12.0. The van der Waals surface area contributed by atoms with Gasteiger partial charge in [-0.15, -0.1) is 0 Å². The molecule has 0 aliphatic rings. The predicted molar refractivity (Wildman–Crippen MR) is 123 cm³/mol. The van der Waals surface area contributed by atoms with Crippen LogP contribution in [0.5, 0.6) is 0 Å². The standard InChI is InChI=1S/C27H23N2O/c1-16-13-14-28(4)23(15-16)29-21-11-7-5-9-19(21)25-26(29)18(3)17(2)24-20-10-6-8-12-22(20)30-27(24)25/h5-15H,1-4H3/q+1. The molecule has 6 rings (SSSR count). The van der Waals surface area contributed by atoms with E-state index < -0.39 is 0 Å². The van der Waals surface area contributed by atoms with Gasteiger partial charge in [-0.1, -0.05) is 30.3 Å². The zero-order chi connectivity index (χ0) is 20.6. The molecule has 3 nitrogen and oxygen atoms in total. The minimum absolute atomic E-state index is 0.945. The Morgan fingerprint density at radius 1 is 0.800 bits per heavy atom. The van der Waals surface area contributed by atoms with Crippen LogP contribution in [0.4, 0.5) is 0 Å². The summed E-state index contributed by atoms with van der Waals surface area (Å²) in [6.45, 7) is 6.61. The molecule has 0 saturated heterocycles. The minimum atomic E-state index is 0.945. The summed E-state index contributed by atoms with van der Waals surface area (Å²) in [5, 5.41) is 4.84. The van der Waals surface area contributed by atoms with Gasteiger partial charge >= 0.3 is 0 Å². The van der Waals surface area contributed by atoms with Gasteiger partial charge in [0.25, 0.3) is 5.82 Å². The number of para-hydroxylation sites is 2. The topological polar surface area (TPSA) is 21.9 Å². The molecule has 0 radical (unpaired) electrons. The van der Waals surface area contributed by atoms with Crippen LogP contribution in [0.1, 0.15) is 16.7 Å². The lowest BCUT2D eigenvalue weighted by Crippen LogP contribution is -2.33. The molecule has 0 atom stereocenters. The molecule has 0 amide bonds. The molecule has 0 N–H and O–H groups in total. The van der Waals surface area contributed by atoms with Crippen molar-refractivity contribution < 1.29 is 8.98 Å². The molecule has 0 aliphatic heterocycles. The predicted octanol–water partition coefficient (Wildman–Crippen LogP) is 6.43. The molecular weight excluding hydrogens is 368 g/mol. The largest absolute Gasteiger partial charge is 0.455 e. The average molecular weight is 391 g/mol. The number of pyridine rings is 1. The Balaban J connectivity index is 1.95. The van der Waals surface area contributed by atoms with Crippen molar-refractivity contribution >= 4 is 43.7 Å². The van der Waals surface area contributed by atoms with Crippen LogP contribution in [0.15, 0.2) is 71.3 Å². The number of nitrogens with zero attached hydrogens (tertiary/aromatic N) is 2. The third-order valence-electron chi connectivity index (χ3n) is 6.50. The Kier molecular flexibility index (Phi) is 3.43. The smallest absolute Gasteiger partial charge is 0.286 e. The minimum Gasteiger partial charge on any atom is -0.455 e. The monoisotopic (exact) mass is 391 g/mol. The molecule has 0 saturated carbocycles. The molecule has 6 aromatic rings. The SMILES string of the molecule is Cc1cc[n+](C)c(-n2c3ccccc3c3c4oc5ccccc5c4c(C)c(C)c32)c1. The maximum atomic E-state index is 6.49. The second kappa shape index (κ2) is 5.96. The first kappa shape index (κ1) is 17.3. The summed E-state index contributed by atoms with van der Waals surface area (Å²) in [7, 11) is 2.11. The molecule has 3 aromatic heterocycles. The molecular formula is C27H23N2O+. The summed E-state index contributed by atoms with van der Waals surface area (Å²) in [6.07, 6.45) is 2.13. The Labute approximate surface area is 174 Å². The maximum Gasteiger partial charge on any atom is 0.286 e. The highest BCUT2D eigenvalue weighted by Gasteiger charge is 2.27. The van der Waals surface area contributed by atoms with E-state index >= 15 is 0 Å². The molecule has 0 bridgehead atoms. The molecule has 0 spiro atoms. The molecule has 30 heavy (non-hydrogen) atoms. The molecule has 3 heteroatoms. The zero-order valence-electron chi connectivity index (χ0n) is 17.7. The highest BCUT2D eigenvalue weighted by atomic mass is 16.3. The van der Waals surface area contributed by atoms with Crippen LogP contribution in [0.2, 0.25) is 0 Å². The second-order valence-corrected chi connectivity index (χ2v) is 8.30. The van der Waals surface area contributed by atoms with Gasteiger partial charge in [0.1, 0.15) is 22.2 Å². The summed E-state index contributed by atoms with van der Waals surface area (Å²) >= 11 is 0. The van der Waals surface area contributed by atoms with E-state index in [4.69, 9.17) is 4.42 Å².